The third kappa shape index (κ3) is 4.35. The van der Waals surface area contributed by atoms with Crippen LogP contribution in [0.1, 0.15) is 29.4 Å². The molecule has 3 aromatic rings. The number of hydrogen-bond donors (Lipinski definition) is 1. The van der Waals surface area contributed by atoms with Crippen LogP contribution >= 0.6 is 0 Å². The molecule has 0 aliphatic rings. The van der Waals surface area contributed by atoms with Crippen LogP contribution in [0, 0.1) is 42.9 Å². The highest BCUT2D eigenvalue weighted by Crippen LogP contribution is 2.26. The molecule has 0 radical (unpaired) electrons. The number of rotatable bonds is 6. The quantitative estimate of drug-likeness (QED) is 0.272. The van der Waals surface area contributed by atoms with Gasteiger partial charge in [-0.2, -0.15) is 10.2 Å². The summed E-state index contributed by atoms with van der Waals surface area (Å²) in [7, 11) is 0. The van der Waals surface area contributed by atoms with E-state index in [2.05, 4.69) is 15.5 Å². The fraction of sp³-hybridized carbons (Fsp3) is 0.250. The number of carbonyl (C=O) groups excluding carboxylic acids is 1. The van der Waals surface area contributed by atoms with Crippen molar-refractivity contribution in [2.45, 2.75) is 33.9 Å². The lowest BCUT2D eigenvalue weighted by atomic mass is 10.1. The summed E-state index contributed by atoms with van der Waals surface area (Å²) in [6, 6.07) is 0. The summed E-state index contributed by atoms with van der Waals surface area (Å²) in [6.07, 6.45) is 6.17. The third-order valence-corrected chi connectivity index (χ3v) is 4.64. The molecule has 1 aromatic carbocycles. The van der Waals surface area contributed by atoms with Gasteiger partial charge in [0.15, 0.2) is 23.3 Å². The Labute approximate surface area is 174 Å². The second-order valence-corrected chi connectivity index (χ2v) is 6.70. The van der Waals surface area contributed by atoms with Crippen molar-refractivity contribution in [3.63, 3.8) is 0 Å². The number of carbonyl (C=O) groups is 1. The molecule has 6 nitrogen and oxygen atoms in total. The Morgan fingerprint density at radius 2 is 1.68 bits per heavy atom. The second kappa shape index (κ2) is 8.70. The highest BCUT2D eigenvalue weighted by atomic mass is 19.2. The summed E-state index contributed by atoms with van der Waals surface area (Å²) in [5.41, 5.74) is 0.548. The Morgan fingerprint density at radius 3 is 2.26 bits per heavy atom. The van der Waals surface area contributed by atoms with Crippen LogP contribution in [0.4, 0.5) is 27.6 Å². The number of amides is 1. The Balaban J connectivity index is 1.82. The lowest BCUT2D eigenvalue weighted by molar-refractivity contribution is -0.111. The predicted molar refractivity (Wildman–Crippen MR) is 103 cm³/mol. The van der Waals surface area contributed by atoms with Crippen molar-refractivity contribution in [3.8, 4) is 0 Å². The molecule has 3 rings (SSSR count). The highest BCUT2D eigenvalue weighted by Gasteiger charge is 2.26. The van der Waals surface area contributed by atoms with Crippen LogP contribution < -0.4 is 5.32 Å². The van der Waals surface area contributed by atoms with Gasteiger partial charge in [-0.1, -0.05) is 0 Å². The van der Waals surface area contributed by atoms with Gasteiger partial charge in [0.2, 0.25) is 11.7 Å². The van der Waals surface area contributed by atoms with Gasteiger partial charge in [0.05, 0.1) is 35.4 Å². The maximum absolute atomic E-state index is 14.0. The monoisotopic (exact) mass is 439 g/mol. The van der Waals surface area contributed by atoms with Crippen LogP contribution in [0.15, 0.2) is 18.5 Å². The van der Waals surface area contributed by atoms with E-state index in [0.29, 0.717) is 17.8 Å². The Hall–Kier alpha value is -3.50. The van der Waals surface area contributed by atoms with Gasteiger partial charge in [-0.3, -0.25) is 14.2 Å². The molecule has 0 aliphatic heterocycles. The van der Waals surface area contributed by atoms with E-state index in [1.54, 1.807) is 23.2 Å². The molecule has 31 heavy (non-hydrogen) atoms. The van der Waals surface area contributed by atoms with E-state index >= 15 is 0 Å². The summed E-state index contributed by atoms with van der Waals surface area (Å²) >= 11 is 0. The molecule has 2 aromatic heterocycles. The zero-order valence-electron chi connectivity index (χ0n) is 16.8. The average molecular weight is 439 g/mol. The number of halogens is 5. The Morgan fingerprint density at radius 1 is 1.06 bits per heavy atom. The van der Waals surface area contributed by atoms with Crippen molar-refractivity contribution >= 4 is 17.7 Å². The molecular weight excluding hydrogens is 421 g/mol. The summed E-state index contributed by atoms with van der Waals surface area (Å²) in [6.45, 7) is 4.92. The molecule has 0 unspecified atom stereocenters. The van der Waals surface area contributed by atoms with Crippen molar-refractivity contribution in [2.75, 3.05) is 5.32 Å². The van der Waals surface area contributed by atoms with Gasteiger partial charge < -0.3 is 5.32 Å². The van der Waals surface area contributed by atoms with Gasteiger partial charge in [-0.25, -0.2) is 22.0 Å². The molecule has 1 amide bonds. The van der Waals surface area contributed by atoms with E-state index in [1.807, 2.05) is 6.92 Å². The van der Waals surface area contributed by atoms with Crippen LogP contribution in [-0.4, -0.2) is 25.5 Å². The lowest BCUT2D eigenvalue weighted by Gasteiger charge is -2.10. The first-order chi connectivity index (χ1) is 14.6. The highest BCUT2D eigenvalue weighted by molar-refractivity contribution is 6.02. The van der Waals surface area contributed by atoms with Crippen molar-refractivity contribution in [3.05, 3.63) is 70.1 Å². The Kier molecular flexibility index (Phi) is 6.23. The van der Waals surface area contributed by atoms with Gasteiger partial charge >= 0.3 is 0 Å². The van der Waals surface area contributed by atoms with Gasteiger partial charge in [-0.15, -0.1) is 0 Å². The van der Waals surface area contributed by atoms with Gasteiger partial charge in [0.1, 0.15) is 0 Å². The molecule has 0 fully saturated rings. The fourth-order valence-corrected chi connectivity index (χ4v) is 2.95. The van der Waals surface area contributed by atoms with Crippen molar-refractivity contribution < 1.29 is 26.7 Å². The maximum Gasteiger partial charge on any atom is 0.248 e. The largest absolute Gasteiger partial charge is 0.319 e. The molecule has 11 heteroatoms. The summed E-state index contributed by atoms with van der Waals surface area (Å²) < 4.78 is 70.8. The van der Waals surface area contributed by atoms with E-state index in [1.165, 1.54) is 19.9 Å². The van der Waals surface area contributed by atoms with E-state index in [-0.39, 0.29) is 11.4 Å². The van der Waals surface area contributed by atoms with Crippen molar-refractivity contribution in [1.82, 2.24) is 19.6 Å². The molecule has 0 spiro atoms. The summed E-state index contributed by atoms with van der Waals surface area (Å²) in [5.74, 6) is -10.6. The maximum atomic E-state index is 14.0. The Bertz CT molecular complexity index is 1150. The summed E-state index contributed by atoms with van der Waals surface area (Å²) in [5, 5.41) is 10.7. The third-order valence-electron chi connectivity index (χ3n) is 4.64. The molecular formula is C20H18F5N5O. The van der Waals surface area contributed by atoms with E-state index in [0.717, 1.165) is 4.68 Å². The number of anilines is 1. The number of aryl methyl sites for hydroxylation is 2. The van der Waals surface area contributed by atoms with E-state index < -0.39 is 47.1 Å². The first kappa shape index (κ1) is 22.2. The SMILES string of the molecule is CCn1cc(C=CC(=O)Nc2c(C)nn(Cc3c(F)c(F)c(F)c(F)c3F)c2C)cn1. The minimum atomic E-state index is -2.23. The molecule has 0 aliphatic carbocycles. The minimum Gasteiger partial charge on any atom is -0.319 e. The average Bonchev–Trinajstić information content (AvgIpc) is 3.32. The van der Waals surface area contributed by atoms with Crippen LogP contribution in [-0.2, 0) is 17.9 Å². The topological polar surface area (TPSA) is 64.7 Å². The number of hydrogen-bond acceptors (Lipinski definition) is 3. The first-order valence-corrected chi connectivity index (χ1v) is 9.19. The zero-order valence-corrected chi connectivity index (χ0v) is 16.8. The number of nitrogens with zero attached hydrogens (tertiary/aromatic N) is 4. The van der Waals surface area contributed by atoms with Gasteiger partial charge in [-0.05, 0) is 26.8 Å². The normalized spacial score (nSPS) is 11.5. The molecule has 1 N–H and O–H groups in total. The van der Waals surface area contributed by atoms with E-state index in [4.69, 9.17) is 0 Å². The molecule has 2 heterocycles. The smallest absolute Gasteiger partial charge is 0.248 e. The molecule has 0 saturated heterocycles. The van der Waals surface area contributed by atoms with Gasteiger partial charge in [0, 0.05) is 24.4 Å². The van der Waals surface area contributed by atoms with E-state index in [9.17, 15) is 26.7 Å². The fourth-order valence-electron chi connectivity index (χ4n) is 2.95. The molecule has 164 valence electrons. The first-order valence-electron chi connectivity index (χ1n) is 9.19. The minimum absolute atomic E-state index is 0.266. The molecule has 0 atom stereocenters. The van der Waals surface area contributed by atoms with Crippen molar-refractivity contribution in [1.29, 1.82) is 0 Å². The van der Waals surface area contributed by atoms with Gasteiger partial charge in [0.25, 0.3) is 0 Å². The second-order valence-electron chi connectivity index (χ2n) is 6.70. The van der Waals surface area contributed by atoms with Crippen LogP contribution in [0.25, 0.3) is 6.08 Å². The standard InChI is InChI=1S/C20H18F5N5O/c1-4-29-8-12(7-26-29)5-6-14(31)27-20-10(2)28-30(11(20)3)9-13-15(21)17(23)19(25)18(24)16(13)22/h5-8H,4,9H2,1-3H3,(H,27,31). The van der Waals surface area contributed by atoms with Crippen molar-refractivity contribution in [2.24, 2.45) is 0 Å². The van der Waals surface area contributed by atoms with Crippen LogP contribution in [0.3, 0.4) is 0 Å². The lowest BCUT2D eigenvalue weighted by Crippen LogP contribution is -2.13. The molecule has 0 saturated carbocycles. The number of benzene rings is 1. The predicted octanol–water partition coefficient (Wildman–Crippen LogP) is 4.11. The number of nitrogens with one attached hydrogen (secondary N) is 1. The van der Waals surface area contributed by atoms with Crippen LogP contribution in [0.5, 0.6) is 0 Å². The van der Waals surface area contributed by atoms with Crippen LogP contribution in [0.2, 0.25) is 0 Å². The summed E-state index contributed by atoms with van der Waals surface area (Å²) in [4.78, 5) is 12.2. The molecule has 0 bridgehead atoms. The zero-order chi connectivity index (χ0) is 22.9. The number of aromatic nitrogens is 4.